The molecule has 3 heterocycles. The van der Waals surface area contributed by atoms with E-state index in [9.17, 15) is 4.79 Å². The Morgan fingerprint density at radius 2 is 2.20 bits per heavy atom. The highest BCUT2D eigenvalue weighted by molar-refractivity contribution is 6.30. The number of carbonyl (C=O) groups excluding carboxylic acids is 1. The summed E-state index contributed by atoms with van der Waals surface area (Å²) in [5, 5.41) is 4.08. The molecule has 2 bridgehead atoms. The number of fused-ring (bicyclic) bond motifs is 3. The Morgan fingerprint density at radius 1 is 1.45 bits per heavy atom. The summed E-state index contributed by atoms with van der Waals surface area (Å²) in [5.41, 5.74) is 0.229. The number of anilines is 1. The van der Waals surface area contributed by atoms with Crippen LogP contribution in [0, 0.1) is 5.92 Å². The molecule has 0 spiro atoms. The van der Waals surface area contributed by atoms with Crippen molar-refractivity contribution in [1.29, 1.82) is 0 Å². The molecule has 0 saturated carbocycles. The largest absolute Gasteiger partial charge is 0.467 e. The van der Waals surface area contributed by atoms with Crippen molar-refractivity contribution in [3.05, 3.63) is 29.3 Å². The van der Waals surface area contributed by atoms with Gasteiger partial charge in [0.25, 0.3) is 0 Å². The predicted molar refractivity (Wildman–Crippen MR) is 79.0 cm³/mol. The Hall–Kier alpha value is -1.26. The van der Waals surface area contributed by atoms with Crippen LogP contribution in [0.15, 0.2) is 24.3 Å². The number of ether oxygens (including phenoxy) is 1. The SMILES string of the molecule is COC(=O)C1(Nc2cccc(Cl)c2)CN2CCC1CC2. The van der Waals surface area contributed by atoms with Crippen molar-refractivity contribution in [3.63, 3.8) is 0 Å². The molecule has 0 amide bonds. The monoisotopic (exact) mass is 294 g/mol. The van der Waals surface area contributed by atoms with E-state index in [0.29, 0.717) is 17.5 Å². The summed E-state index contributed by atoms with van der Waals surface area (Å²) >= 11 is 6.03. The maximum absolute atomic E-state index is 12.4. The maximum Gasteiger partial charge on any atom is 0.333 e. The third kappa shape index (κ3) is 2.27. The third-order valence-electron chi connectivity index (χ3n) is 4.50. The first-order valence-corrected chi connectivity index (χ1v) is 7.36. The standard InChI is InChI=1S/C15H19ClN2O2/c1-20-14(19)15(10-18-7-5-11(15)6-8-18)17-13-4-2-3-12(16)9-13/h2-4,9,11,17H,5-8,10H2,1H3. The Morgan fingerprint density at radius 3 is 2.75 bits per heavy atom. The molecule has 3 aliphatic heterocycles. The van der Waals surface area contributed by atoms with Gasteiger partial charge in [-0.25, -0.2) is 4.79 Å². The minimum atomic E-state index is -0.643. The number of esters is 1. The molecule has 5 heteroatoms. The van der Waals surface area contributed by atoms with E-state index in [4.69, 9.17) is 16.3 Å². The fraction of sp³-hybridized carbons (Fsp3) is 0.533. The number of hydrogen-bond donors (Lipinski definition) is 1. The lowest BCUT2D eigenvalue weighted by Gasteiger charge is -2.51. The van der Waals surface area contributed by atoms with E-state index in [0.717, 1.165) is 31.6 Å². The molecule has 20 heavy (non-hydrogen) atoms. The molecular weight excluding hydrogens is 276 g/mol. The van der Waals surface area contributed by atoms with Crippen LogP contribution in [0.5, 0.6) is 0 Å². The molecule has 1 unspecified atom stereocenters. The summed E-state index contributed by atoms with van der Waals surface area (Å²) in [7, 11) is 1.46. The van der Waals surface area contributed by atoms with E-state index in [-0.39, 0.29) is 5.97 Å². The van der Waals surface area contributed by atoms with Crippen LogP contribution < -0.4 is 5.32 Å². The summed E-state index contributed by atoms with van der Waals surface area (Å²) in [6.07, 6.45) is 2.06. The molecule has 3 fully saturated rings. The second kappa shape index (κ2) is 5.26. The van der Waals surface area contributed by atoms with E-state index < -0.39 is 5.54 Å². The summed E-state index contributed by atoms with van der Waals surface area (Å²) < 4.78 is 5.09. The molecular formula is C15H19ClN2O2. The Kier molecular flexibility index (Phi) is 3.61. The number of nitrogens with one attached hydrogen (secondary N) is 1. The van der Waals surface area contributed by atoms with Gasteiger partial charge in [0, 0.05) is 17.3 Å². The second-order valence-corrected chi connectivity index (χ2v) is 6.09. The van der Waals surface area contributed by atoms with E-state index in [1.54, 1.807) is 0 Å². The predicted octanol–water partition coefficient (Wildman–Crippen LogP) is 2.39. The molecule has 0 aromatic heterocycles. The van der Waals surface area contributed by atoms with Crippen LogP contribution in [0.2, 0.25) is 5.02 Å². The number of rotatable bonds is 3. The molecule has 0 radical (unpaired) electrons. The molecule has 3 aliphatic rings. The molecule has 1 N–H and O–H groups in total. The second-order valence-electron chi connectivity index (χ2n) is 5.65. The van der Waals surface area contributed by atoms with Gasteiger partial charge in [-0.3, -0.25) is 0 Å². The molecule has 4 rings (SSSR count). The lowest BCUT2D eigenvalue weighted by Crippen LogP contribution is -2.67. The van der Waals surface area contributed by atoms with Crippen LogP contribution in [0.3, 0.4) is 0 Å². The molecule has 1 aromatic rings. The average Bonchev–Trinajstić information content (AvgIpc) is 2.47. The number of halogens is 1. The zero-order valence-corrected chi connectivity index (χ0v) is 12.3. The third-order valence-corrected chi connectivity index (χ3v) is 4.73. The van der Waals surface area contributed by atoms with Gasteiger partial charge in [0.05, 0.1) is 7.11 Å². The van der Waals surface area contributed by atoms with Gasteiger partial charge < -0.3 is 15.0 Å². The van der Waals surface area contributed by atoms with Gasteiger partial charge in [-0.15, -0.1) is 0 Å². The fourth-order valence-corrected chi connectivity index (χ4v) is 3.69. The highest BCUT2D eigenvalue weighted by Crippen LogP contribution is 2.39. The minimum Gasteiger partial charge on any atom is -0.467 e. The Bertz CT molecular complexity index is 514. The maximum atomic E-state index is 12.4. The summed E-state index contributed by atoms with van der Waals surface area (Å²) in [5.74, 6) is 0.144. The van der Waals surface area contributed by atoms with Crippen molar-refractivity contribution in [3.8, 4) is 0 Å². The van der Waals surface area contributed by atoms with Crippen molar-refractivity contribution in [2.75, 3.05) is 32.1 Å². The van der Waals surface area contributed by atoms with Crippen LogP contribution >= 0.6 is 11.6 Å². The highest BCUT2D eigenvalue weighted by Gasteiger charge is 2.53. The van der Waals surface area contributed by atoms with Crippen molar-refractivity contribution in [2.45, 2.75) is 18.4 Å². The molecule has 1 atom stereocenters. The lowest BCUT2D eigenvalue weighted by atomic mass is 9.72. The van der Waals surface area contributed by atoms with Crippen LogP contribution in [-0.4, -0.2) is 43.2 Å². The van der Waals surface area contributed by atoms with Crippen molar-refractivity contribution in [2.24, 2.45) is 5.92 Å². The summed E-state index contributed by atoms with van der Waals surface area (Å²) in [6.45, 7) is 2.85. The summed E-state index contributed by atoms with van der Waals surface area (Å²) in [6, 6.07) is 7.50. The van der Waals surface area contributed by atoms with Gasteiger partial charge >= 0.3 is 5.97 Å². The average molecular weight is 295 g/mol. The first-order chi connectivity index (χ1) is 9.64. The highest BCUT2D eigenvalue weighted by atomic mass is 35.5. The normalized spacial score (nSPS) is 31.9. The summed E-state index contributed by atoms with van der Waals surface area (Å²) in [4.78, 5) is 14.8. The first-order valence-electron chi connectivity index (χ1n) is 6.98. The Labute approximate surface area is 124 Å². The van der Waals surface area contributed by atoms with Gasteiger partial charge in [-0.1, -0.05) is 17.7 Å². The van der Waals surface area contributed by atoms with E-state index in [1.807, 2.05) is 24.3 Å². The van der Waals surface area contributed by atoms with Crippen LogP contribution in [0.4, 0.5) is 5.69 Å². The molecule has 4 nitrogen and oxygen atoms in total. The van der Waals surface area contributed by atoms with Crippen molar-refractivity contribution < 1.29 is 9.53 Å². The number of carbonyl (C=O) groups is 1. The zero-order valence-electron chi connectivity index (χ0n) is 11.6. The van der Waals surface area contributed by atoms with Gasteiger partial charge in [0.15, 0.2) is 5.54 Å². The molecule has 3 saturated heterocycles. The number of piperidine rings is 3. The quantitative estimate of drug-likeness (QED) is 0.869. The van der Waals surface area contributed by atoms with Gasteiger partial charge in [0.1, 0.15) is 0 Å². The van der Waals surface area contributed by atoms with Crippen LogP contribution in [0.25, 0.3) is 0 Å². The first kappa shape index (κ1) is 13.7. The number of hydrogen-bond acceptors (Lipinski definition) is 4. The van der Waals surface area contributed by atoms with Gasteiger partial charge in [0.2, 0.25) is 0 Å². The van der Waals surface area contributed by atoms with Crippen molar-refractivity contribution >= 4 is 23.3 Å². The number of benzene rings is 1. The molecule has 108 valence electrons. The lowest BCUT2D eigenvalue weighted by molar-refractivity contribution is -0.153. The van der Waals surface area contributed by atoms with E-state index in [1.165, 1.54) is 7.11 Å². The Balaban J connectivity index is 1.93. The zero-order chi connectivity index (χ0) is 14.2. The van der Waals surface area contributed by atoms with Crippen LogP contribution in [0.1, 0.15) is 12.8 Å². The smallest absolute Gasteiger partial charge is 0.333 e. The van der Waals surface area contributed by atoms with Gasteiger partial charge in [-0.2, -0.15) is 0 Å². The van der Waals surface area contributed by atoms with E-state index in [2.05, 4.69) is 10.2 Å². The minimum absolute atomic E-state index is 0.174. The topological polar surface area (TPSA) is 41.6 Å². The molecule has 0 aliphatic carbocycles. The van der Waals surface area contributed by atoms with Gasteiger partial charge in [-0.05, 0) is 50.0 Å². The number of nitrogens with zero attached hydrogens (tertiary/aromatic N) is 1. The fourth-order valence-electron chi connectivity index (χ4n) is 3.50. The number of methoxy groups -OCH3 is 1. The van der Waals surface area contributed by atoms with E-state index >= 15 is 0 Å². The van der Waals surface area contributed by atoms with Crippen molar-refractivity contribution in [1.82, 2.24) is 4.90 Å². The molecule has 1 aromatic carbocycles. The van der Waals surface area contributed by atoms with Crippen LogP contribution in [-0.2, 0) is 9.53 Å².